The molecule has 1 heterocycles. The number of nitrogens with two attached hydrogens (primary N) is 1. The number of halogens is 3. The van der Waals surface area contributed by atoms with Crippen LogP contribution < -0.4 is 5.73 Å². The summed E-state index contributed by atoms with van der Waals surface area (Å²) in [5, 5.41) is 3.41. The van der Waals surface area contributed by atoms with E-state index in [0.717, 1.165) is 0 Å². The molecule has 0 aliphatic rings. The molecule has 1 aromatic rings. The lowest BCUT2D eigenvalue weighted by molar-refractivity contribution is -0.142. The molecule has 86 valence electrons. The van der Waals surface area contributed by atoms with Gasteiger partial charge in [0.05, 0.1) is 0 Å². The zero-order valence-corrected chi connectivity index (χ0v) is 8.67. The molecule has 15 heavy (non-hydrogen) atoms. The van der Waals surface area contributed by atoms with E-state index in [-0.39, 0.29) is 11.6 Å². The molecule has 1 rings (SSSR count). The minimum Gasteiger partial charge on any atom is -0.328 e. The van der Waals surface area contributed by atoms with Crippen molar-refractivity contribution < 1.29 is 13.2 Å². The van der Waals surface area contributed by atoms with E-state index in [1.54, 1.807) is 6.92 Å². The Balaban J connectivity index is 2.87. The Morgan fingerprint density at radius 3 is 2.60 bits per heavy atom. The van der Waals surface area contributed by atoms with E-state index in [4.69, 9.17) is 5.73 Å². The summed E-state index contributed by atoms with van der Waals surface area (Å²) in [6.07, 6.45) is -2.16. The molecule has 6 heteroatoms. The summed E-state index contributed by atoms with van der Waals surface area (Å²) in [6.45, 7) is 1.77. The predicted molar refractivity (Wildman–Crippen MR) is 50.2 cm³/mol. The lowest BCUT2D eigenvalue weighted by atomic mass is 10.1. The zero-order chi connectivity index (χ0) is 11.6. The summed E-state index contributed by atoms with van der Waals surface area (Å²) in [7, 11) is 1.48. The van der Waals surface area contributed by atoms with Crippen molar-refractivity contribution in [3.8, 4) is 0 Å². The highest BCUT2D eigenvalue weighted by atomic mass is 19.4. The van der Waals surface area contributed by atoms with Crippen molar-refractivity contribution in [3.63, 3.8) is 0 Å². The molecule has 0 unspecified atom stereocenters. The molecular weight excluding hydrogens is 207 g/mol. The molecule has 0 saturated heterocycles. The second kappa shape index (κ2) is 4.22. The van der Waals surface area contributed by atoms with Gasteiger partial charge in [0.25, 0.3) is 0 Å². The first-order valence-corrected chi connectivity index (χ1v) is 4.66. The highest BCUT2D eigenvalue weighted by Gasteiger charge is 2.36. The van der Waals surface area contributed by atoms with E-state index in [1.807, 2.05) is 0 Å². The van der Waals surface area contributed by atoms with Gasteiger partial charge in [-0.25, -0.2) is 0 Å². The average Bonchev–Trinajstić information content (AvgIpc) is 2.42. The second-order valence-corrected chi connectivity index (χ2v) is 3.69. The topological polar surface area (TPSA) is 43.8 Å². The van der Waals surface area contributed by atoms with Gasteiger partial charge in [-0.15, -0.1) is 0 Å². The molecule has 0 bridgehead atoms. The van der Waals surface area contributed by atoms with E-state index in [2.05, 4.69) is 5.10 Å². The maximum Gasteiger partial charge on any atom is 0.435 e. The summed E-state index contributed by atoms with van der Waals surface area (Å²) >= 11 is 0. The standard InChI is InChI=1S/C9H14F3N3/c1-6(13)3-4-7-5-15(2)14-8(7)9(10,11)12/h5-6H,3-4,13H2,1-2H3/t6-/m0/s1. The predicted octanol–water partition coefficient (Wildman–Crippen LogP) is 1.72. The van der Waals surface area contributed by atoms with Crippen LogP contribution in [0.4, 0.5) is 13.2 Å². The van der Waals surface area contributed by atoms with E-state index >= 15 is 0 Å². The fraction of sp³-hybridized carbons (Fsp3) is 0.667. The molecular formula is C9H14F3N3. The Labute approximate surface area is 86.1 Å². The smallest absolute Gasteiger partial charge is 0.328 e. The molecule has 0 amide bonds. The third-order valence-corrected chi connectivity index (χ3v) is 2.04. The zero-order valence-electron chi connectivity index (χ0n) is 8.67. The maximum absolute atomic E-state index is 12.5. The van der Waals surface area contributed by atoms with Gasteiger partial charge >= 0.3 is 6.18 Å². The van der Waals surface area contributed by atoms with Crippen molar-refractivity contribution in [1.29, 1.82) is 0 Å². The summed E-state index contributed by atoms with van der Waals surface area (Å²) in [6, 6.07) is -0.105. The van der Waals surface area contributed by atoms with Crippen LogP contribution in [0.5, 0.6) is 0 Å². The van der Waals surface area contributed by atoms with Gasteiger partial charge in [0, 0.05) is 24.8 Å². The van der Waals surface area contributed by atoms with Crippen molar-refractivity contribution in [1.82, 2.24) is 9.78 Å². The van der Waals surface area contributed by atoms with Crippen molar-refractivity contribution in [2.75, 3.05) is 0 Å². The van der Waals surface area contributed by atoms with Gasteiger partial charge in [0.15, 0.2) is 5.69 Å². The molecule has 0 spiro atoms. The normalized spacial score (nSPS) is 14.3. The highest BCUT2D eigenvalue weighted by Crippen LogP contribution is 2.31. The van der Waals surface area contributed by atoms with Crippen molar-refractivity contribution in [2.24, 2.45) is 12.8 Å². The van der Waals surface area contributed by atoms with E-state index < -0.39 is 11.9 Å². The van der Waals surface area contributed by atoms with Gasteiger partial charge in [0.2, 0.25) is 0 Å². The molecule has 1 atom stereocenters. The lowest BCUT2D eigenvalue weighted by Crippen LogP contribution is -2.16. The van der Waals surface area contributed by atoms with Crippen LogP contribution >= 0.6 is 0 Å². The molecule has 0 aromatic carbocycles. The fourth-order valence-electron chi connectivity index (χ4n) is 1.34. The van der Waals surface area contributed by atoms with Crippen LogP contribution in [0.1, 0.15) is 24.6 Å². The minimum absolute atomic E-state index is 0.105. The third kappa shape index (κ3) is 3.23. The summed E-state index contributed by atoms with van der Waals surface area (Å²) in [4.78, 5) is 0. The quantitative estimate of drug-likeness (QED) is 0.844. The van der Waals surface area contributed by atoms with Crippen molar-refractivity contribution in [2.45, 2.75) is 32.0 Å². The largest absolute Gasteiger partial charge is 0.435 e. The second-order valence-electron chi connectivity index (χ2n) is 3.69. The summed E-state index contributed by atoms with van der Waals surface area (Å²) in [5.74, 6) is 0. The maximum atomic E-state index is 12.5. The van der Waals surface area contributed by atoms with Gasteiger partial charge in [-0.05, 0) is 19.8 Å². The molecule has 0 aliphatic carbocycles. The minimum atomic E-state index is -4.38. The van der Waals surface area contributed by atoms with Crippen LogP contribution in [0.15, 0.2) is 6.20 Å². The molecule has 0 fully saturated rings. The van der Waals surface area contributed by atoms with E-state index in [1.165, 1.54) is 17.9 Å². The summed E-state index contributed by atoms with van der Waals surface area (Å²) in [5.41, 5.74) is 4.91. The first-order chi connectivity index (χ1) is 6.80. The van der Waals surface area contributed by atoms with Crippen LogP contribution in [0.3, 0.4) is 0 Å². The molecule has 2 N–H and O–H groups in total. The molecule has 0 saturated carbocycles. The number of hydrogen-bond acceptors (Lipinski definition) is 2. The first kappa shape index (κ1) is 12.0. The van der Waals surface area contributed by atoms with Crippen LogP contribution in [0, 0.1) is 0 Å². The van der Waals surface area contributed by atoms with Crippen LogP contribution in [0.25, 0.3) is 0 Å². The Morgan fingerprint density at radius 1 is 1.53 bits per heavy atom. The number of nitrogens with zero attached hydrogens (tertiary/aromatic N) is 2. The first-order valence-electron chi connectivity index (χ1n) is 4.66. The van der Waals surface area contributed by atoms with Crippen LogP contribution in [0.2, 0.25) is 0 Å². The van der Waals surface area contributed by atoms with Crippen LogP contribution in [-0.2, 0) is 19.6 Å². The van der Waals surface area contributed by atoms with Gasteiger partial charge in [0.1, 0.15) is 0 Å². The average molecular weight is 221 g/mol. The number of alkyl halides is 3. The third-order valence-electron chi connectivity index (χ3n) is 2.04. The van der Waals surface area contributed by atoms with E-state index in [0.29, 0.717) is 12.8 Å². The van der Waals surface area contributed by atoms with Gasteiger partial charge < -0.3 is 5.73 Å². The number of rotatable bonds is 3. The summed E-state index contributed by atoms with van der Waals surface area (Å²) < 4.78 is 38.6. The Morgan fingerprint density at radius 2 is 2.13 bits per heavy atom. The number of aromatic nitrogens is 2. The number of hydrogen-bond donors (Lipinski definition) is 1. The Bertz CT molecular complexity index is 328. The van der Waals surface area contributed by atoms with Gasteiger partial charge in [-0.1, -0.05) is 0 Å². The Hall–Kier alpha value is -1.04. The number of aryl methyl sites for hydroxylation is 2. The van der Waals surface area contributed by atoms with Crippen molar-refractivity contribution >= 4 is 0 Å². The lowest BCUT2D eigenvalue weighted by Gasteiger charge is -2.07. The van der Waals surface area contributed by atoms with E-state index in [9.17, 15) is 13.2 Å². The SMILES string of the molecule is C[C@H](N)CCc1cn(C)nc1C(F)(F)F. The van der Waals surface area contributed by atoms with Gasteiger partial charge in [-0.3, -0.25) is 4.68 Å². The molecule has 1 aromatic heterocycles. The monoisotopic (exact) mass is 221 g/mol. The molecule has 0 radical (unpaired) electrons. The molecule has 0 aliphatic heterocycles. The Kier molecular flexibility index (Phi) is 3.38. The fourth-order valence-corrected chi connectivity index (χ4v) is 1.34. The van der Waals surface area contributed by atoms with Crippen LogP contribution in [-0.4, -0.2) is 15.8 Å². The van der Waals surface area contributed by atoms with Crippen molar-refractivity contribution in [3.05, 3.63) is 17.5 Å². The van der Waals surface area contributed by atoms with Gasteiger partial charge in [-0.2, -0.15) is 18.3 Å². The highest BCUT2D eigenvalue weighted by molar-refractivity contribution is 5.20. The molecule has 3 nitrogen and oxygen atoms in total.